The number of aromatic nitrogens is 1. The van der Waals surface area contributed by atoms with Crippen molar-refractivity contribution in [2.24, 2.45) is 5.10 Å². The van der Waals surface area contributed by atoms with Crippen molar-refractivity contribution < 1.29 is 14.0 Å². The van der Waals surface area contributed by atoms with E-state index in [2.05, 4.69) is 0 Å². The molecule has 0 bridgehead atoms. The van der Waals surface area contributed by atoms with Gasteiger partial charge in [-0.1, -0.05) is 42.5 Å². The van der Waals surface area contributed by atoms with Crippen LogP contribution < -0.4 is 9.91 Å². The van der Waals surface area contributed by atoms with Crippen LogP contribution >= 0.6 is 22.7 Å². The van der Waals surface area contributed by atoms with Crippen molar-refractivity contribution in [2.45, 2.75) is 12.5 Å². The Labute approximate surface area is 231 Å². The van der Waals surface area contributed by atoms with Crippen molar-refractivity contribution >= 4 is 51.0 Å². The number of anilines is 2. The van der Waals surface area contributed by atoms with Gasteiger partial charge in [0, 0.05) is 17.4 Å². The largest absolute Gasteiger partial charge is 0.268 e. The lowest BCUT2D eigenvalue weighted by Crippen LogP contribution is -2.29. The van der Waals surface area contributed by atoms with E-state index in [4.69, 9.17) is 10.1 Å². The van der Waals surface area contributed by atoms with Crippen molar-refractivity contribution in [3.63, 3.8) is 0 Å². The zero-order valence-electron chi connectivity index (χ0n) is 20.3. The molecule has 6 nitrogen and oxygen atoms in total. The topological polar surface area (TPSA) is 65.9 Å². The van der Waals surface area contributed by atoms with E-state index in [9.17, 15) is 14.0 Å². The molecule has 0 radical (unpaired) electrons. The van der Waals surface area contributed by atoms with Crippen LogP contribution in [0.5, 0.6) is 0 Å². The number of hydrogen-bond donors (Lipinski definition) is 0. The lowest BCUT2D eigenvalue weighted by atomic mass is 10.0. The molecule has 2 aliphatic rings. The Kier molecular flexibility index (Phi) is 5.68. The van der Waals surface area contributed by atoms with Gasteiger partial charge in [0.2, 0.25) is 5.13 Å². The highest BCUT2D eigenvalue weighted by atomic mass is 32.1. The van der Waals surface area contributed by atoms with Gasteiger partial charge in [-0.3, -0.25) is 9.59 Å². The second-order valence-corrected chi connectivity index (χ2v) is 11.0. The third kappa shape index (κ3) is 4.07. The number of amides is 2. The van der Waals surface area contributed by atoms with Gasteiger partial charge >= 0.3 is 0 Å². The first kappa shape index (κ1) is 23.6. The Morgan fingerprint density at radius 2 is 1.62 bits per heavy atom. The smallest absolute Gasteiger partial charge is 0.266 e. The molecule has 39 heavy (non-hydrogen) atoms. The molecule has 0 fully saturated rings. The quantitative estimate of drug-likeness (QED) is 0.218. The highest BCUT2D eigenvalue weighted by molar-refractivity contribution is 7.14. The summed E-state index contributed by atoms with van der Waals surface area (Å²) >= 11 is 3.10. The SMILES string of the molecule is O=C1c2ccccc2C(=O)N1c1cccc(-c2csc(N3N=C(c4cccs4)C[C@H]3c3ccc(F)cc3)n2)c1. The van der Waals surface area contributed by atoms with Crippen LogP contribution in [0.4, 0.5) is 15.2 Å². The van der Waals surface area contributed by atoms with Crippen LogP contribution in [-0.4, -0.2) is 22.5 Å². The maximum Gasteiger partial charge on any atom is 0.266 e. The number of halogens is 1. The second-order valence-electron chi connectivity index (χ2n) is 9.20. The number of hydrogen-bond acceptors (Lipinski definition) is 7. The van der Waals surface area contributed by atoms with Crippen LogP contribution in [0.3, 0.4) is 0 Å². The van der Waals surface area contributed by atoms with Gasteiger partial charge in [-0.15, -0.1) is 22.7 Å². The third-order valence-electron chi connectivity index (χ3n) is 6.85. The minimum absolute atomic E-state index is 0.119. The van der Waals surface area contributed by atoms with E-state index in [0.717, 1.165) is 21.7 Å². The number of carbonyl (C=O) groups is 2. The van der Waals surface area contributed by atoms with Crippen molar-refractivity contribution in [2.75, 3.05) is 9.91 Å². The molecule has 4 heterocycles. The summed E-state index contributed by atoms with van der Waals surface area (Å²) in [6.45, 7) is 0. The molecule has 2 aliphatic heterocycles. The van der Waals surface area contributed by atoms with Crippen LogP contribution in [-0.2, 0) is 0 Å². The zero-order valence-corrected chi connectivity index (χ0v) is 22.0. The minimum Gasteiger partial charge on any atom is -0.268 e. The maximum atomic E-state index is 13.7. The van der Waals surface area contributed by atoms with Crippen LogP contribution in [0.15, 0.2) is 101 Å². The summed E-state index contributed by atoms with van der Waals surface area (Å²) < 4.78 is 13.7. The normalized spacial score (nSPS) is 16.6. The molecule has 0 spiro atoms. The monoisotopic (exact) mass is 550 g/mol. The molecule has 0 saturated carbocycles. The minimum atomic E-state index is -0.332. The second kappa shape index (κ2) is 9.37. The Balaban J connectivity index is 1.22. The summed E-state index contributed by atoms with van der Waals surface area (Å²) in [5.41, 5.74) is 4.72. The van der Waals surface area contributed by atoms with Gasteiger partial charge in [0.25, 0.3) is 11.8 Å². The molecule has 190 valence electrons. The molecule has 2 amide bonds. The van der Waals surface area contributed by atoms with Crippen molar-refractivity contribution in [3.05, 3.63) is 123 Å². The fourth-order valence-corrected chi connectivity index (χ4v) is 6.51. The molecule has 1 atom stereocenters. The number of carbonyl (C=O) groups excluding carboxylic acids is 2. The van der Waals surface area contributed by atoms with Crippen LogP contribution in [0, 0.1) is 5.82 Å². The van der Waals surface area contributed by atoms with E-state index in [0.29, 0.717) is 34.1 Å². The average Bonchev–Trinajstić information content (AvgIpc) is 3.76. The summed E-state index contributed by atoms with van der Waals surface area (Å²) in [5.74, 6) is -0.945. The standard InChI is InChI=1S/C30H19FN4O2S2/c31-20-12-10-18(11-13-20)26-16-24(27-9-4-14-38-27)33-35(26)30-32-25(17-39-30)19-5-3-6-21(15-19)34-28(36)22-7-1-2-8-23(22)29(34)37/h1-15,17,26H,16H2/t26-/m0/s1. The van der Waals surface area contributed by atoms with E-state index in [-0.39, 0.29) is 23.7 Å². The van der Waals surface area contributed by atoms with E-state index < -0.39 is 0 Å². The van der Waals surface area contributed by atoms with Crippen LogP contribution in [0.1, 0.15) is 43.6 Å². The fraction of sp³-hybridized carbons (Fsp3) is 0.0667. The first-order valence-electron chi connectivity index (χ1n) is 12.3. The van der Waals surface area contributed by atoms with Crippen LogP contribution in [0.25, 0.3) is 11.3 Å². The number of fused-ring (bicyclic) bond motifs is 1. The zero-order chi connectivity index (χ0) is 26.5. The number of benzene rings is 3. The summed E-state index contributed by atoms with van der Waals surface area (Å²) in [5, 5.41) is 11.5. The number of nitrogens with zero attached hydrogens (tertiary/aromatic N) is 4. The molecule has 2 aromatic heterocycles. The Hall–Kier alpha value is -4.47. The van der Waals surface area contributed by atoms with Gasteiger partial charge in [-0.2, -0.15) is 5.10 Å². The molecule has 9 heteroatoms. The van der Waals surface area contributed by atoms with E-state index in [1.54, 1.807) is 53.8 Å². The van der Waals surface area contributed by atoms with Gasteiger partial charge in [0.1, 0.15) is 5.82 Å². The van der Waals surface area contributed by atoms with Gasteiger partial charge in [-0.25, -0.2) is 19.3 Å². The maximum absolute atomic E-state index is 13.7. The number of thiazole rings is 1. The first-order chi connectivity index (χ1) is 19.1. The molecule has 7 rings (SSSR count). The number of imide groups is 1. The van der Waals surface area contributed by atoms with E-state index >= 15 is 0 Å². The van der Waals surface area contributed by atoms with Gasteiger partial charge < -0.3 is 0 Å². The third-order valence-corrected chi connectivity index (χ3v) is 8.60. The van der Waals surface area contributed by atoms with Crippen molar-refractivity contribution in [1.29, 1.82) is 0 Å². The lowest BCUT2D eigenvalue weighted by molar-refractivity contribution is 0.0926. The average molecular weight is 551 g/mol. The predicted molar refractivity (Wildman–Crippen MR) is 152 cm³/mol. The van der Waals surface area contributed by atoms with Gasteiger partial charge in [-0.05, 0) is 53.4 Å². The number of rotatable bonds is 5. The highest BCUT2D eigenvalue weighted by Gasteiger charge is 2.36. The van der Waals surface area contributed by atoms with Gasteiger partial charge in [0.15, 0.2) is 0 Å². The Morgan fingerprint density at radius 1 is 0.846 bits per heavy atom. The summed E-state index contributed by atoms with van der Waals surface area (Å²) in [4.78, 5) is 33.2. The van der Waals surface area contributed by atoms with Crippen LogP contribution in [0.2, 0.25) is 0 Å². The summed E-state index contributed by atoms with van der Waals surface area (Å²) in [6, 6.07) is 24.6. The molecule has 0 saturated heterocycles. The lowest BCUT2D eigenvalue weighted by Gasteiger charge is -2.21. The first-order valence-corrected chi connectivity index (χ1v) is 14.0. The molecule has 0 N–H and O–H groups in total. The van der Waals surface area contributed by atoms with Crippen molar-refractivity contribution in [1.82, 2.24) is 4.98 Å². The fourth-order valence-electron chi connectivity index (χ4n) is 4.95. The molecular weight excluding hydrogens is 531 g/mol. The molecule has 0 unspecified atom stereocenters. The molecule has 3 aromatic carbocycles. The Bertz CT molecular complexity index is 1730. The molecular formula is C30H19FN4O2S2. The Morgan fingerprint density at radius 3 is 2.33 bits per heavy atom. The van der Waals surface area contributed by atoms with E-state index in [1.165, 1.54) is 28.4 Å². The molecule has 5 aromatic rings. The highest BCUT2D eigenvalue weighted by Crippen LogP contribution is 2.40. The van der Waals surface area contributed by atoms with Crippen molar-refractivity contribution in [3.8, 4) is 11.3 Å². The summed E-state index contributed by atoms with van der Waals surface area (Å²) in [7, 11) is 0. The molecule has 0 aliphatic carbocycles. The predicted octanol–water partition coefficient (Wildman–Crippen LogP) is 7.17. The van der Waals surface area contributed by atoms with Gasteiger partial charge in [0.05, 0.1) is 39.1 Å². The summed E-state index contributed by atoms with van der Waals surface area (Å²) in [6.07, 6.45) is 0.677. The number of hydrazone groups is 1. The van der Waals surface area contributed by atoms with E-state index in [1.807, 2.05) is 46.1 Å². The number of thiophene rings is 1.